The van der Waals surface area contributed by atoms with Crippen LogP contribution in [0, 0.1) is 0 Å². The lowest BCUT2D eigenvalue weighted by Gasteiger charge is -2.11. The number of methoxy groups -OCH3 is 1. The summed E-state index contributed by atoms with van der Waals surface area (Å²) >= 11 is 2.10. The van der Waals surface area contributed by atoms with Gasteiger partial charge in [0, 0.05) is 15.9 Å². The molecule has 0 aliphatic carbocycles. The average molecular weight is 331 g/mol. The molecule has 19 heavy (non-hydrogen) atoms. The van der Waals surface area contributed by atoms with Crippen LogP contribution in [0.2, 0.25) is 0 Å². The fourth-order valence-electron chi connectivity index (χ4n) is 1.67. The summed E-state index contributed by atoms with van der Waals surface area (Å²) < 4.78 is 34.3. The molecule has 0 N–H and O–H groups in total. The minimum atomic E-state index is -3.41. The molecule has 0 bridgehead atoms. The lowest BCUT2D eigenvalue weighted by atomic mass is 10.1. The number of carbonyl (C=O) groups is 1. The van der Waals surface area contributed by atoms with E-state index in [1.165, 1.54) is 19.2 Å². The number of carbonyl (C=O) groups excluding carboxylic acids is 1. The molecule has 0 atom stereocenters. The Balaban J connectivity index is 2.38. The van der Waals surface area contributed by atoms with Gasteiger partial charge in [-0.3, -0.25) is 0 Å². The SMILES string of the molecule is COC(=O)c1ccc2cc(OC(F)(F)Br)ccc2c1. The molecule has 0 aliphatic rings. The van der Waals surface area contributed by atoms with Crippen LogP contribution in [-0.4, -0.2) is 18.1 Å². The summed E-state index contributed by atoms with van der Waals surface area (Å²) in [4.78, 5) is 11.4. The van der Waals surface area contributed by atoms with Crippen molar-refractivity contribution in [3.05, 3.63) is 42.0 Å². The van der Waals surface area contributed by atoms with E-state index in [0.29, 0.717) is 10.9 Å². The fraction of sp³-hybridized carbons (Fsp3) is 0.154. The van der Waals surface area contributed by atoms with Crippen molar-refractivity contribution in [2.45, 2.75) is 5.02 Å². The van der Waals surface area contributed by atoms with Gasteiger partial charge in [-0.1, -0.05) is 12.1 Å². The Morgan fingerprint density at radius 2 is 1.79 bits per heavy atom. The van der Waals surface area contributed by atoms with Crippen molar-refractivity contribution < 1.29 is 23.0 Å². The molecule has 0 fully saturated rings. The lowest BCUT2D eigenvalue weighted by Crippen LogP contribution is -2.14. The summed E-state index contributed by atoms with van der Waals surface area (Å²) in [7, 11) is 1.29. The van der Waals surface area contributed by atoms with Gasteiger partial charge in [0.1, 0.15) is 5.75 Å². The van der Waals surface area contributed by atoms with Crippen LogP contribution in [0.4, 0.5) is 8.78 Å². The summed E-state index contributed by atoms with van der Waals surface area (Å²) in [5.74, 6) is -0.422. The van der Waals surface area contributed by atoms with Gasteiger partial charge in [-0.2, -0.15) is 8.78 Å². The van der Waals surface area contributed by atoms with E-state index >= 15 is 0 Å². The molecule has 0 radical (unpaired) electrons. The van der Waals surface area contributed by atoms with Crippen LogP contribution in [0.15, 0.2) is 36.4 Å². The number of halogens is 3. The van der Waals surface area contributed by atoms with E-state index in [0.717, 1.165) is 5.39 Å². The van der Waals surface area contributed by atoms with Crippen molar-refractivity contribution in [2.24, 2.45) is 0 Å². The third-order valence-corrected chi connectivity index (χ3v) is 2.63. The van der Waals surface area contributed by atoms with E-state index in [9.17, 15) is 13.6 Å². The minimum Gasteiger partial charge on any atom is -0.465 e. The van der Waals surface area contributed by atoms with Gasteiger partial charge in [0.2, 0.25) is 0 Å². The number of ether oxygens (including phenoxy) is 2. The monoisotopic (exact) mass is 330 g/mol. The van der Waals surface area contributed by atoms with Gasteiger partial charge in [-0.15, -0.1) is 0 Å². The first kappa shape index (κ1) is 13.7. The Morgan fingerprint density at radius 3 is 2.42 bits per heavy atom. The molecule has 2 aromatic rings. The van der Waals surface area contributed by atoms with Crippen LogP contribution in [0.1, 0.15) is 10.4 Å². The highest BCUT2D eigenvalue weighted by atomic mass is 79.9. The quantitative estimate of drug-likeness (QED) is 0.631. The van der Waals surface area contributed by atoms with Gasteiger partial charge in [-0.25, -0.2) is 4.79 Å². The predicted molar refractivity (Wildman–Crippen MR) is 69.8 cm³/mol. The fourth-order valence-corrected chi connectivity index (χ4v) is 1.85. The largest absolute Gasteiger partial charge is 0.465 e. The first-order valence-corrected chi connectivity index (χ1v) is 6.06. The molecule has 3 nitrogen and oxygen atoms in total. The second kappa shape index (κ2) is 5.13. The normalized spacial score (nSPS) is 11.4. The molecule has 0 saturated heterocycles. The third kappa shape index (κ3) is 3.41. The molecule has 2 aromatic carbocycles. The molecule has 0 saturated carbocycles. The third-order valence-electron chi connectivity index (χ3n) is 2.47. The molecule has 2 rings (SSSR count). The van der Waals surface area contributed by atoms with E-state index < -0.39 is 11.0 Å². The Hall–Kier alpha value is -1.69. The van der Waals surface area contributed by atoms with E-state index in [-0.39, 0.29) is 5.75 Å². The summed E-state index contributed by atoms with van der Waals surface area (Å²) in [5, 5.41) is -2.00. The number of alkyl halides is 3. The van der Waals surface area contributed by atoms with Crippen molar-refractivity contribution in [3.8, 4) is 5.75 Å². The van der Waals surface area contributed by atoms with Crippen LogP contribution in [0.5, 0.6) is 5.75 Å². The zero-order valence-electron chi connectivity index (χ0n) is 9.82. The highest BCUT2D eigenvalue weighted by molar-refractivity contribution is 9.09. The Labute approximate surface area is 116 Å². The van der Waals surface area contributed by atoms with Crippen LogP contribution in [0.25, 0.3) is 10.8 Å². The van der Waals surface area contributed by atoms with Gasteiger partial charge >= 0.3 is 11.0 Å². The number of esters is 1. The van der Waals surface area contributed by atoms with Crippen molar-refractivity contribution in [3.63, 3.8) is 0 Å². The van der Waals surface area contributed by atoms with Crippen LogP contribution in [0.3, 0.4) is 0 Å². The molecule has 0 unspecified atom stereocenters. The van der Waals surface area contributed by atoms with Gasteiger partial charge in [-0.05, 0) is 35.0 Å². The van der Waals surface area contributed by atoms with Gasteiger partial charge in [0.05, 0.1) is 12.7 Å². The molecular formula is C13H9BrF2O3. The van der Waals surface area contributed by atoms with Crippen LogP contribution in [-0.2, 0) is 4.74 Å². The van der Waals surface area contributed by atoms with Gasteiger partial charge < -0.3 is 9.47 Å². The smallest absolute Gasteiger partial charge is 0.459 e. The number of fused-ring (bicyclic) bond motifs is 1. The maximum Gasteiger partial charge on any atom is 0.459 e. The van der Waals surface area contributed by atoms with Crippen molar-refractivity contribution in [2.75, 3.05) is 7.11 Å². The van der Waals surface area contributed by atoms with E-state index in [2.05, 4.69) is 25.4 Å². The van der Waals surface area contributed by atoms with Crippen molar-refractivity contribution in [1.82, 2.24) is 0 Å². The standard InChI is InChI=1S/C13H9BrF2O3/c1-18-12(17)10-3-2-9-7-11(19-13(14,15)16)5-4-8(9)6-10/h2-7H,1H3. The Morgan fingerprint density at radius 1 is 1.16 bits per heavy atom. The van der Waals surface area contributed by atoms with Crippen molar-refractivity contribution in [1.29, 1.82) is 0 Å². The zero-order valence-corrected chi connectivity index (χ0v) is 11.4. The number of hydrogen-bond donors (Lipinski definition) is 0. The maximum absolute atomic E-state index is 12.7. The molecule has 0 heterocycles. The summed E-state index contributed by atoms with van der Waals surface area (Å²) in [6.45, 7) is 0. The van der Waals surface area contributed by atoms with E-state index in [4.69, 9.17) is 0 Å². The molecular weight excluding hydrogens is 322 g/mol. The number of rotatable bonds is 3. The number of hydrogen-bond acceptors (Lipinski definition) is 3. The summed E-state index contributed by atoms with van der Waals surface area (Å²) in [6, 6.07) is 9.28. The summed E-state index contributed by atoms with van der Waals surface area (Å²) in [5.41, 5.74) is 0.398. The first-order chi connectivity index (χ1) is 8.89. The molecule has 0 amide bonds. The first-order valence-electron chi connectivity index (χ1n) is 5.27. The molecule has 0 aliphatic heterocycles. The highest BCUT2D eigenvalue weighted by Crippen LogP contribution is 2.29. The van der Waals surface area contributed by atoms with E-state index in [1.54, 1.807) is 24.3 Å². The summed E-state index contributed by atoms with van der Waals surface area (Å²) in [6.07, 6.45) is 0. The number of benzene rings is 2. The predicted octanol–water partition coefficient (Wildman–Crippen LogP) is 3.95. The van der Waals surface area contributed by atoms with E-state index in [1.807, 2.05) is 0 Å². The Kier molecular flexibility index (Phi) is 3.71. The topological polar surface area (TPSA) is 35.5 Å². The second-order valence-electron chi connectivity index (χ2n) is 3.76. The Bertz CT molecular complexity index is 623. The lowest BCUT2D eigenvalue weighted by molar-refractivity contribution is -0.0802. The molecule has 6 heteroatoms. The van der Waals surface area contributed by atoms with Crippen LogP contribution >= 0.6 is 15.9 Å². The highest BCUT2D eigenvalue weighted by Gasteiger charge is 2.26. The molecule has 0 aromatic heterocycles. The zero-order chi connectivity index (χ0) is 14.0. The maximum atomic E-state index is 12.7. The van der Waals surface area contributed by atoms with Gasteiger partial charge in [0.25, 0.3) is 0 Å². The van der Waals surface area contributed by atoms with Crippen molar-refractivity contribution >= 4 is 32.7 Å². The molecule has 0 spiro atoms. The molecule has 100 valence electrons. The van der Waals surface area contributed by atoms with Crippen LogP contribution < -0.4 is 4.74 Å². The minimum absolute atomic E-state index is 0.0280. The second-order valence-corrected chi connectivity index (χ2v) is 4.69. The average Bonchev–Trinajstić information content (AvgIpc) is 2.35. The van der Waals surface area contributed by atoms with Gasteiger partial charge in [0.15, 0.2) is 0 Å².